The highest BCUT2D eigenvalue weighted by Crippen LogP contribution is 2.41. The number of alkyl halides is 3. The second-order valence-corrected chi connectivity index (χ2v) is 6.98. The minimum Gasteiger partial charge on any atom is -0.493 e. The third-order valence-corrected chi connectivity index (χ3v) is 5.03. The van der Waals surface area contributed by atoms with E-state index in [2.05, 4.69) is 9.73 Å². The number of Topliss-reactive ketones (excluding diaryl/α,β-unsaturated/α-hetero) is 1. The minimum atomic E-state index is -4.90. The molecule has 0 spiro atoms. The maximum atomic E-state index is 15.1. The van der Waals surface area contributed by atoms with Gasteiger partial charge in [0, 0.05) is 34.7 Å². The van der Waals surface area contributed by atoms with E-state index in [1.165, 1.54) is 6.92 Å². The van der Waals surface area contributed by atoms with Crippen molar-refractivity contribution in [2.45, 2.75) is 26.1 Å². The summed E-state index contributed by atoms with van der Waals surface area (Å²) >= 11 is 0.569. The summed E-state index contributed by atoms with van der Waals surface area (Å²) in [6.07, 6.45) is -5.51. The van der Waals surface area contributed by atoms with Gasteiger partial charge in [0.05, 0.1) is 24.8 Å². The third-order valence-electron chi connectivity index (χ3n) is 4.23. The van der Waals surface area contributed by atoms with Crippen LogP contribution in [-0.2, 0) is 9.53 Å². The van der Waals surface area contributed by atoms with Gasteiger partial charge in [-0.15, -0.1) is 24.5 Å². The number of ketones is 1. The Kier molecular flexibility index (Phi) is 5.35. The Balaban J connectivity index is 1.99. The molecule has 0 aromatic carbocycles. The van der Waals surface area contributed by atoms with Gasteiger partial charge in [-0.1, -0.05) is 0 Å². The van der Waals surface area contributed by atoms with Gasteiger partial charge in [0.25, 0.3) is 0 Å². The largest absolute Gasteiger partial charge is 0.573 e. The van der Waals surface area contributed by atoms with Crippen LogP contribution in [0.15, 0.2) is 50.4 Å². The lowest BCUT2D eigenvalue weighted by Crippen LogP contribution is -2.20. The van der Waals surface area contributed by atoms with Crippen molar-refractivity contribution in [1.29, 1.82) is 0 Å². The molecule has 0 radical (unpaired) electrons. The smallest absolute Gasteiger partial charge is 0.493 e. The number of carbonyl (C=O) groups excluding carboxylic acids is 1. The van der Waals surface area contributed by atoms with Gasteiger partial charge in [0.1, 0.15) is 0 Å². The second-order valence-electron chi connectivity index (χ2n) is 6.10. The highest BCUT2D eigenvalue weighted by atomic mass is 32.1. The van der Waals surface area contributed by atoms with Crippen LogP contribution >= 0.6 is 11.3 Å². The Morgan fingerprint density at radius 1 is 1.34 bits per heavy atom. The van der Waals surface area contributed by atoms with Crippen LogP contribution in [0.5, 0.6) is 5.06 Å². The molecular formula is C18H13F4NO5S. The lowest BCUT2D eigenvalue weighted by molar-refractivity contribution is -0.273. The maximum Gasteiger partial charge on any atom is 0.573 e. The number of rotatable bonds is 6. The summed E-state index contributed by atoms with van der Waals surface area (Å²) in [7, 11) is 1.14. The number of aliphatic imine (C=N–C) groups is 1. The normalized spacial score (nSPS) is 16.8. The first-order valence-electron chi connectivity index (χ1n) is 8.08. The first kappa shape index (κ1) is 20.8. The molecule has 11 heteroatoms. The lowest BCUT2D eigenvalue weighted by atomic mass is 9.86. The molecule has 154 valence electrons. The molecule has 0 atom stereocenters. The van der Waals surface area contributed by atoms with Crippen molar-refractivity contribution in [1.82, 2.24) is 0 Å². The zero-order chi connectivity index (χ0) is 21.5. The van der Waals surface area contributed by atoms with Crippen molar-refractivity contribution < 1.29 is 41.7 Å². The van der Waals surface area contributed by atoms with Crippen molar-refractivity contribution >= 4 is 28.8 Å². The van der Waals surface area contributed by atoms with Gasteiger partial charge in [-0.3, -0.25) is 14.6 Å². The fraction of sp³-hybridized carbons (Fsp3) is 0.278. The number of nitrogens with zero attached hydrogens (tertiary/aromatic N) is 1. The first-order chi connectivity index (χ1) is 13.5. The highest BCUT2D eigenvalue weighted by molar-refractivity contribution is 7.12. The van der Waals surface area contributed by atoms with Crippen LogP contribution < -0.4 is 4.74 Å². The first-order valence-corrected chi connectivity index (χ1v) is 8.96. The average Bonchev–Trinajstić information content (AvgIpc) is 3.17. The molecular weight excluding hydrogens is 418 g/mol. The summed E-state index contributed by atoms with van der Waals surface area (Å²) in [6.45, 7) is 1.53. The minimum absolute atomic E-state index is 0.0234. The molecule has 2 aliphatic rings. The standard InChI is InChI=1S/C18H13F4NO5S/c1-7-9(5-12(24)25)14-11(23-7)4-10(17(27-2)15(14)19)16(26)8-3-13(29-6-8)28-18(20,21)22/h3,6H,4-5H2,1-2H3,(H,24,25). The molecule has 1 N–H and O–H groups in total. The van der Waals surface area contributed by atoms with Gasteiger partial charge in [0.15, 0.2) is 22.4 Å². The molecule has 1 aromatic rings. The molecule has 0 saturated carbocycles. The fourth-order valence-electron chi connectivity index (χ4n) is 3.10. The molecule has 1 aliphatic carbocycles. The number of carbonyl (C=O) groups is 2. The van der Waals surface area contributed by atoms with E-state index in [9.17, 15) is 22.8 Å². The summed E-state index contributed by atoms with van der Waals surface area (Å²) in [6, 6.07) is 0.910. The predicted octanol–water partition coefficient (Wildman–Crippen LogP) is 4.56. The van der Waals surface area contributed by atoms with Crippen molar-refractivity contribution in [3.05, 3.63) is 51.0 Å². The summed E-state index contributed by atoms with van der Waals surface area (Å²) < 4.78 is 60.9. The van der Waals surface area contributed by atoms with Gasteiger partial charge in [-0.2, -0.15) is 0 Å². The molecule has 0 amide bonds. The Bertz CT molecular complexity index is 1030. The molecule has 0 bridgehead atoms. The van der Waals surface area contributed by atoms with Gasteiger partial charge in [-0.05, 0) is 12.5 Å². The highest BCUT2D eigenvalue weighted by Gasteiger charge is 2.37. The zero-order valence-electron chi connectivity index (χ0n) is 15.0. The van der Waals surface area contributed by atoms with E-state index in [1.807, 2.05) is 0 Å². The number of allylic oxidation sites excluding steroid dienone is 4. The number of hydrogen-bond acceptors (Lipinski definition) is 6. The van der Waals surface area contributed by atoms with Gasteiger partial charge in [0.2, 0.25) is 0 Å². The number of fused-ring (bicyclic) bond motifs is 1. The summed E-state index contributed by atoms with van der Waals surface area (Å²) in [4.78, 5) is 28.0. The van der Waals surface area contributed by atoms with Crippen LogP contribution in [0.25, 0.3) is 0 Å². The van der Waals surface area contributed by atoms with E-state index in [0.717, 1.165) is 18.6 Å². The molecule has 1 aliphatic heterocycles. The molecule has 2 heterocycles. The van der Waals surface area contributed by atoms with Crippen LogP contribution in [0.2, 0.25) is 0 Å². The number of ether oxygens (including phenoxy) is 2. The SMILES string of the molecule is COC1=C(C(=O)c2csc(OC(F)(F)F)c2)CC2=NC(C)=C(CC(=O)O)C2=C1F. The van der Waals surface area contributed by atoms with Crippen molar-refractivity contribution in [3.63, 3.8) is 0 Å². The van der Waals surface area contributed by atoms with E-state index in [-0.39, 0.29) is 34.4 Å². The molecule has 3 rings (SSSR count). The Hall–Kier alpha value is -2.95. The monoisotopic (exact) mass is 431 g/mol. The summed E-state index contributed by atoms with van der Waals surface area (Å²) in [5.41, 5.74) is 0.389. The van der Waals surface area contributed by atoms with Crippen molar-refractivity contribution in [2.24, 2.45) is 4.99 Å². The van der Waals surface area contributed by atoms with Gasteiger partial charge >= 0.3 is 12.3 Å². The average molecular weight is 431 g/mol. The number of hydrogen-bond donors (Lipinski definition) is 1. The number of carboxylic acids is 1. The number of aliphatic carboxylic acids is 1. The Morgan fingerprint density at radius 2 is 2.03 bits per heavy atom. The van der Waals surface area contributed by atoms with E-state index in [4.69, 9.17) is 9.84 Å². The number of halogens is 4. The van der Waals surface area contributed by atoms with Crippen molar-refractivity contribution in [3.8, 4) is 5.06 Å². The quantitative estimate of drug-likeness (QED) is 0.527. The topological polar surface area (TPSA) is 85.2 Å². The molecule has 1 aromatic heterocycles. The van der Waals surface area contributed by atoms with E-state index in [1.54, 1.807) is 0 Å². The van der Waals surface area contributed by atoms with E-state index in [0.29, 0.717) is 17.0 Å². The molecule has 0 unspecified atom stereocenters. The van der Waals surface area contributed by atoms with Crippen LogP contribution in [0, 0.1) is 0 Å². The van der Waals surface area contributed by atoms with Crippen LogP contribution in [0.1, 0.15) is 30.1 Å². The zero-order valence-corrected chi connectivity index (χ0v) is 15.8. The lowest BCUT2D eigenvalue weighted by Gasteiger charge is -2.20. The van der Waals surface area contributed by atoms with E-state index < -0.39 is 41.2 Å². The van der Waals surface area contributed by atoms with E-state index >= 15 is 4.39 Å². The van der Waals surface area contributed by atoms with Gasteiger partial charge in [-0.25, -0.2) is 4.39 Å². The summed E-state index contributed by atoms with van der Waals surface area (Å²) in [5.74, 6) is -3.24. The second kappa shape index (κ2) is 7.47. The number of thiophene rings is 1. The van der Waals surface area contributed by atoms with Crippen LogP contribution in [0.3, 0.4) is 0 Å². The molecule has 0 saturated heterocycles. The molecule has 29 heavy (non-hydrogen) atoms. The Labute approximate surface area is 165 Å². The number of methoxy groups -OCH3 is 1. The number of carboxylic acid groups (broad SMARTS) is 1. The Morgan fingerprint density at radius 3 is 2.62 bits per heavy atom. The van der Waals surface area contributed by atoms with Crippen LogP contribution in [-0.4, -0.2) is 36.0 Å². The summed E-state index contributed by atoms with van der Waals surface area (Å²) in [5, 5.41) is 9.67. The van der Waals surface area contributed by atoms with Crippen molar-refractivity contribution in [2.75, 3.05) is 7.11 Å². The van der Waals surface area contributed by atoms with Crippen LogP contribution in [0.4, 0.5) is 17.6 Å². The van der Waals surface area contributed by atoms with Gasteiger partial charge < -0.3 is 14.6 Å². The molecule has 0 fully saturated rings. The maximum absolute atomic E-state index is 15.1. The fourth-order valence-corrected chi connectivity index (χ4v) is 3.86. The molecule has 6 nitrogen and oxygen atoms in total. The predicted molar refractivity (Wildman–Crippen MR) is 94.5 cm³/mol. The third kappa shape index (κ3) is 4.09.